The molecule has 0 saturated carbocycles. The summed E-state index contributed by atoms with van der Waals surface area (Å²) < 4.78 is 5.48. The third kappa shape index (κ3) is 3.71. The van der Waals surface area contributed by atoms with Gasteiger partial charge in [-0.2, -0.15) is 0 Å². The summed E-state index contributed by atoms with van der Waals surface area (Å²) >= 11 is 0. The summed E-state index contributed by atoms with van der Waals surface area (Å²) in [5.41, 5.74) is 2.48. The van der Waals surface area contributed by atoms with E-state index < -0.39 is 0 Å². The minimum Gasteiger partial charge on any atom is -0.356 e. The normalized spacial score (nSPS) is 17.4. The van der Waals surface area contributed by atoms with E-state index in [-0.39, 0.29) is 11.9 Å². The molecule has 1 aliphatic rings. The fourth-order valence-electron chi connectivity index (χ4n) is 3.41. The number of hydrogen-bond donors (Lipinski definition) is 0. The summed E-state index contributed by atoms with van der Waals surface area (Å²) in [4.78, 5) is 25.8. The molecule has 2 aromatic heterocycles. The number of anilines is 1. The van der Waals surface area contributed by atoms with Gasteiger partial charge in [0.1, 0.15) is 0 Å². The molecule has 7 heteroatoms. The van der Waals surface area contributed by atoms with Crippen molar-refractivity contribution in [1.82, 2.24) is 20.0 Å². The van der Waals surface area contributed by atoms with Crippen molar-refractivity contribution in [2.24, 2.45) is 0 Å². The molecule has 0 aromatic carbocycles. The maximum absolute atomic E-state index is 12.7. The van der Waals surface area contributed by atoms with Crippen LogP contribution >= 0.6 is 0 Å². The number of nitrogens with zero attached hydrogens (tertiary/aromatic N) is 5. The third-order valence-electron chi connectivity index (χ3n) is 4.70. The lowest BCUT2D eigenvalue weighted by atomic mass is 9.95. The molecule has 1 atom stereocenters. The Morgan fingerprint density at radius 1 is 1.38 bits per heavy atom. The van der Waals surface area contributed by atoms with E-state index in [9.17, 15) is 4.79 Å². The van der Waals surface area contributed by atoms with Crippen molar-refractivity contribution in [2.45, 2.75) is 52.0 Å². The molecule has 3 rings (SSSR count). The van der Waals surface area contributed by atoms with Crippen molar-refractivity contribution in [3.05, 3.63) is 23.7 Å². The maximum Gasteiger partial charge on any atom is 0.225 e. The van der Waals surface area contributed by atoms with Crippen LogP contribution in [0, 0.1) is 6.92 Å². The van der Waals surface area contributed by atoms with Crippen molar-refractivity contribution in [1.29, 1.82) is 0 Å². The lowest BCUT2D eigenvalue weighted by Gasteiger charge is -2.36. The zero-order valence-corrected chi connectivity index (χ0v) is 16.0. The second kappa shape index (κ2) is 7.85. The van der Waals surface area contributed by atoms with Crippen LogP contribution in [0.1, 0.15) is 56.5 Å². The highest BCUT2D eigenvalue weighted by Crippen LogP contribution is 2.36. The van der Waals surface area contributed by atoms with Crippen molar-refractivity contribution in [2.75, 3.05) is 25.5 Å². The van der Waals surface area contributed by atoms with Crippen LogP contribution in [0.5, 0.6) is 0 Å². The van der Waals surface area contributed by atoms with E-state index in [1.54, 1.807) is 6.20 Å². The molecule has 1 fully saturated rings. The van der Waals surface area contributed by atoms with Crippen molar-refractivity contribution in [3.63, 3.8) is 0 Å². The van der Waals surface area contributed by atoms with Gasteiger partial charge >= 0.3 is 0 Å². The van der Waals surface area contributed by atoms with E-state index in [1.165, 1.54) is 0 Å². The number of aryl methyl sites for hydroxylation is 1. The van der Waals surface area contributed by atoms with Gasteiger partial charge in [0.25, 0.3) is 0 Å². The molecule has 0 bridgehead atoms. The Hall–Kier alpha value is -2.44. The van der Waals surface area contributed by atoms with Crippen LogP contribution in [-0.2, 0) is 4.79 Å². The fraction of sp³-hybridized carbons (Fsp3) is 0.579. The topological polar surface area (TPSA) is 75.4 Å². The monoisotopic (exact) mass is 357 g/mol. The van der Waals surface area contributed by atoms with E-state index in [1.807, 2.05) is 43.8 Å². The van der Waals surface area contributed by atoms with Gasteiger partial charge in [0.2, 0.25) is 11.9 Å². The molecule has 3 heterocycles. The number of hydrogen-bond acceptors (Lipinski definition) is 6. The first-order valence-electron chi connectivity index (χ1n) is 9.28. The van der Waals surface area contributed by atoms with Crippen LogP contribution < -0.4 is 4.90 Å². The van der Waals surface area contributed by atoms with Gasteiger partial charge in [-0.15, -0.1) is 0 Å². The quantitative estimate of drug-likeness (QED) is 0.817. The Labute approximate surface area is 154 Å². The van der Waals surface area contributed by atoms with E-state index in [2.05, 4.69) is 10.1 Å². The predicted octanol–water partition coefficient (Wildman–Crippen LogP) is 3.36. The summed E-state index contributed by atoms with van der Waals surface area (Å²) in [7, 11) is 3.83. The third-order valence-corrected chi connectivity index (χ3v) is 4.70. The lowest BCUT2D eigenvalue weighted by Crippen LogP contribution is -2.39. The first-order chi connectivity index (χ1) is 12.5. The molecule has 26 heavy (non-hydrogen) atoms. The highest BCUT2D eigenvalue weighted by molar-refractivity contribution is 5.77. The van der Waals surface area contributed by atoms with Crippen molar-refractivity contribution >= 4 is 11.9 Å². The molecule has 0 radical (unpaired) electrons. The Balaban J connectivity index is 2.07. The second-order valence-corrected chi connectivity index (χ2v) is 7.04. The van der Waals surface area contributed by atoms with Gasteiger partial charge in [0.15, 0.2) is 5.76 Å². The average molecular weight is 357 g/mol. The standard InChI is InChI=1S/C19H27N5O2/c1-5-8-17(25)24-10-7-6-9-15(24)18-14(16-11-13(2)22-26-16)12-20-19(21-18)23(3)4/h11-12,15H,5-10H2,1-4H3. The molecular weight excluding hydrogens is 330 g/mol. The number of rotatable bonds is 5. The van der Waals surface area contributed by atoms with Crippen LogP contribution in [0.3, 0.4) is 0 Å². The summed E-state index contributed by atoms with van der Waals surface area (Å²) in [6, 6.07) is 1.84. The van der Waals surface area contributed by atoms with Crippen molar-refractivity contribution < 1.29 is 9.32 Å². The van der Waals surface area contributed by atoms with E-state index >= 15 is 0 Å². The lowest BCUT2D eigenvalue weighted by molar-refractivity contribution is -0.135. The summed E-state index contributed by atoms with van der Waals surface area (Å²) in [6.45, 7) is 4.70. The van der Waals surface area contributed by atoms with Crippen LogP contribution in [0.2, 0.25) is 0 Å². The minimum atomic E-state index is -0.0510. The van der Waals surface area contributed by atoms with E-state index in [0.29, 0.717) is 18.1 Å². The fourth-order valence-corrected chi connectivity index (χ4v) is 3.41. The number of aromatic nitrogens is 3. The number of carbonyl (C=O) groups is 1. The SMILES string of the molecule is CCCC(=O)N1CCCCC1c1nc(N(C)C)ncc1-c1cc(C)no1. The molecule has 2 aromatic rings. The van der Waals surface area contributed by atoms with Gasteiger partial charge in [-0.25, -0.2) is 9.97 Å². The average Bonchev–Trinajstić information content (AvgIpc) is 3.07. The van der Waals surface area contributed by atoms with Gasteiger partial charge in [0.05, 0.1) is 23.0 Å². The molecule has 1 aliphatic heterocycles. The highest BCUT2D eigenvalue weighted by Gasteiger charge is 2.31. The summed E-state index contributed by atoms with van der Waals surface area (Å²) in [6.07, 6.45) is 6.22. The van der Waals surface area contributed by atoms with Crippen LogP contribution in [0.4, 0.5) is 5.95 Å². The number of carbonyl (C=O) groups excluding carboxylic acids is 1. The second-order valence-electron chi connectivity index (χ2n) is 7.04. The zero-order valence-electron chi connectivity index (χ0n) is 16.0. The van der Waals surface area contributed by atoms with Gasteiger partial charge in [0, 0.05) is 39.3 Å². The van der Waals surface area contributed by atoms with Gasteiger partial charge in [-0.05, 0) is 32.6 Å². The zero-order chi connectivity index (χ0) is 18.7. The van der Waals surface area contributed by atoms with E-state index in [4.69, 9.17) is 9.51 Å². The Morgan fingerprint density at radius 2 is 2.19 bits per heavy atom. The van der Waals surface area contributed by atoms with Gasteiger partial charge in [-0.3, -0.25) is 4.79 Å². The highest BCUT2D eigenvalue weighted by atomic mass is 16.5. The number of amides is 1. The first kappa shape index (κ1) is 18.4. The smallest absolute Gasteiger partial charge is 0.225 e. The number of likely N-dealkylation sites (tertiary alicyclic amines) is 1. The first-order valence-corrected chi connectivity index (χ1v) is 9.28. The predicted molar refractivity (Wildman–Crippen MR) is 99.8 cm³/mol. The van der Waals surface area contributed by atoms with Gasteiger partial charge in [-0.1, -0.05) is 12.1 Å². The minimum absolute atomic E-state index is 0.0510. The largest absolute Gasteiger partial charge is 0.356 e. The number of piperidine rings is 1. The summed E-state index contributed by atoms with van der Waals surface area (Å²) in [5, 5.41) is 4.00. The molecule has 1 unspecified atom stereocenters. The Morgan fingerprint density at radius 3 is 2.85 bits per heavy atom. The molecule has 1 amide bonds. The van der Waals surface area contributed by atoms with Gasteiger partial charge < -0.3 is 14.3 Å². The molecule has 140 valence electrons. The Kier molecular flexibility index (Phi) is 5.54. The molecular formula is C19H27N5O2. The van der Waals surface area contributed by atoms with Crippen molar-refractivity contribution in [3.8, 4) is 11.3 Å². The molecule has 0 spiro atoms. The Bertz CT molecular complexity index is 771. The summed E-state index contributed by atoms with van der Waals surface area (Å²) in [5.74, 6) is 1.48. The van der Waals surface area contributed by atoms with Crippen LogP contribution in [-0.4, -0.2) is 46.6 Å². The maximum atomic E-state index is 12.7. The molecule has 0 aliphatic carbocycles. The molecule has 7 nitrogen and oxygen atoms in total. The molecule has 0 N–H and O–H groups in total. The van der Waals surface area contributed by atoms with E-state index in [0.717, 1.165) is 49.2 Å². The molecule has 1 saturated heterocycles. The van der Waals surface area contributed by atoms with Crippen LogP contribution in [0.25, 0.3) is 11.3 Å². The van der Waals surface area contributed by atoms with Crippen LogP contribution in [0.15, 0.2) is 16.8 Å².